The highest BCUT2D eigenvalue weighted by Gasteiger charge is 2.51. The minimum Gasteiger partial charge on any atom is -0.384 e. The lowest BCUT2D eigenvalue weighted by Crippen LogP contribution is -2.39. The number of rotatable bonds is 4. The number of nitrogens with zero attached hydrogens (tertiary/aromatic N) is 2. The Morgan fingerprint density at radius 1 is 1.12 bits per heavy atom. The van der Waals surface area contributed by atoms with Crippen LogP contribution >= 0.6 is 22.9 Å². The first-order chi connectivity index (χ1) is 15.0. The summed E-state index contributed by atoms with van der Waals surface area (Å²) in [7, 11) is 0. The van der Waals surface area contributed by atoms with Crippen LogP contribution in [0, 0.1) is 0 Å². The second-order valence-electron chi connectivity index (χ2n) is 7.45. The van der Waals surface area contributed by atoms with Crippen LogP contribution in [0.15, 0.2) is 54.7 Å². The molecule has 0 bridgehead atoms. The van der Waals surface area contributed by atoms with Gasteiger partial charge in [0.2, 0.25) is 0 Å². The maximum Gasteiger partial charge on any atom is 0.421 e. The fraction of sp³-hybridized carbons (Fsp3) is 0.182. The maximum absolute atomic E-state index is 13.3. The van der Waals surface area contributed by atoms with E-state index in [0.29, 0.717) is 27.8 Å². The number of hydrogen-bond acceptors (Lipinski definition) is 6. The van der Waals surface area contributed by atoms with Gasteiger partial charge in [0.15, 0.2) is 5.60 Å². The molecule has 4 aromatic rings. The first kappa shape index (κ1) is 22.5. The van der Waals surface area contributed by atoms with Crippen LogP contribution in [0.1, 0.15) is 29.1 Å². The number of nitrogens with two attached hydrogens (primary N) is 2. The molecule has 2 unspecified atom stereocenters. The lowest BCUT2D eigenvalue weighted by molar-refractivity contribution is -0.258. The highest BCUT2D eigenvalue weighted by Crippen LogP contribution is 2.41. The molecule has 0 aliphatic carbocycles. The van der Waals surface area contributed by atoms with E-state index in [9.17, 15) is 18.3 Å². The monoisotopic (exact) mass is 478 g/mol. The molecule has 0 amide bonds. The molecule has 0 radical (unpaired) electrons. The number of hydrogen-bond donors (Lipinski definition) is 3. The van der Waals surface area contributed by atoms with Gasteiger partial charge in [0.1, 0.15) is 5.82 Å². The number of anilines is 1. The van der Waals surface area contributed by atoms with Crippen LogP contribution < -0.4 is 11.5 Å². The molecule has 5 N–H and O–H groups in total. The molecule has 5 nitrogen and oxygen atoms in total. The van der Waals surface area contributed by atoms with Crippen molar-refractivity contribution in [2.45, 2.75) is 24.7 Å². The molecular formula is C22H18ClF3N4OS. The zero-order valence-corrected chi connectivity index (χ0v) is 18.3. The van der Waals surface area contributed by atoms with Crippen molar-refractivity contribution in [3.8, 4) is 11.3 Å². The van der Waals surface area contributed by atoms with Crippen molar-refractivity contribution in [3.05, 3.63) is 75.9 Å². The van der Waals surface area contributed by atoms with E-state index in [-0.39, 0.29) is 5.56 Å². The van der Waals surface area contributed by atoms with Crippen LogP contribution in [0.2, 0.25) is 5.02 Å². The van der Waals surface area contributed by atoms with Gasteiger partial charge in [-0.05, 0) is 48.2 Å². The third kappa shape index (κ3) is 3.93. The van der Waals surface area contributed by atoms with E-state index in [1.807, 2.05) is 12.1 Å². The Kier molecular flexibility index (Phi) is 5.62. The molecule has 166 valence electrons. The molecule has 10 heteroatoms. The SMILES string of the molecule is CC(O)(c1ccnc(-c2cccc3cc(C(N)c4nc(N)ccc4Cl)sc23)c1)C(F)(F)F. The van der Waals surface area contributed by atoms with Gasteiger partial charge in [-0.3, -0.25) is 4.98 Å². The molecule has 0 aliphatic heterocycles. The van der Waals surface area contributed by atoms with Crippen molar-refractivity contribution in [1.29, 1.82) is 0 Å². The summed E-state index contributed by atoms with van der Waals surface area (Å²) in [6.45, 7) is 0.720. The van der Waals surface area contributed by atoms with Crippen LogP contribution in [0.25, 0.3) is 21.3 Å². The Labute approximate surface area is 190 Å². The van der Waals surface area contributed by atoms with E-state index in [0.717, 1.165) is 28.0 Å². The Hall–Kier alpha value is -2.72. The Morgan fingerprint density at radius 2 is 1.88 bits per heavy atom. The fourth-order valence-corrected chi connectivity index (χ4v) is 4.72. The van der Waals surface area contributed by atoms with Crippen LogP contribution in [-0.2, 0) is 5.60 Å². The van der Waals surface area contributed by atoms with Gasteiger partial charge in [-0.2, -0.15) is 13.2 Å². The summed E-state index contributed by atoms with van der Waals surface area (Å²) in [5.41, 5.74) is 10.2. The second kappa shape index (κ2) is 8.00. The molecule has 0 aliphatic rings. The number of alkyl halides is 3. The van der Waals surface area contributed by atoms with E-state index in [4.69, 9.17) is 23.1 Å². The highest BCUT2D eigenvalue weighted by molar-refractivity contribution is 7.19. The Morgan fingerprint density at radius 3 is 2.59 bits per heavy atom. The first-order valence-corrected chi connectivity index (χ1v) is 10.6. The molecule has 2 atom stereocenters. The molecule has 3 aromatic heterocycles. The van der Waals surface area contributed by atoms with Gasteiger partial charge in [0, 0.05) is 21.3 Å². The topological polar surface area (TPSA) is 98.0 Å². The van der Waals surface area contributed by atoms with Crippen molar-refractivity contribution in [1.82, 2.24) is 9.97 Å². The number of nitrogen functional groups attached to an aromatic ring is 1. The summed E-state index contributed by atoms with van der Waals surface area (Å²) in [6.07, 6.45) is -3.58. The standard InChI is InChI=1S/C22H18ClF3N4OS/c1-21(31,22(24,25)26)12-7-8-29-15(10-12)13-4-2-3-11-9-16(32-20(11)13)18(28)19-14(23)5-6-17(27)30-19/h2-10,18,31H,28H2,1H3,(H2,27,30). The van der Waals surface area contributed by atoms with Gasteiger partial charge in [0.25, 0.3) is 0 Å². The van der Waals surface area contributed by atoms with Crippen molar-refractivity contribution in [2.75, 3.05) is 5.73 Å². The minimum atomic E-state index is -4.83. The molecule has 0 spiro atoms. The number of benzene rings is 1. The third-order valence-corrected chi connectivity index (χ3v) is 6.80. The van der Waals surface area contributed by atoms with E-state index < -0.39 is 17.8 Å². The van der Waals surface area contributed by atoms with E-state index in [2.05, 4.69) is 9.97 Å². The van der Waals surface area contributed by atoms with Crippen LogP contribution in [0.3, 0.4) is 0 Å². The predicted octanol–water partition coefficient (Wildman–Crippen LogP) is 5.41. The van der Waals surface area contributed by atoms with Gasteiger partial charge < -0.3 is 16.6 Å². The number of aromatic nitrogens is 2. The third-order valence-electron chi connectivity index (χ3n) is 5.21. The first-order valence-electron chi connectivity index (χ1n) is 9.45. The van der Waals surface area contributed by atoms with Gasteiger partial charge in [-0.1, -0.05) is 29.8 Å². The zero-order chi connectivity index (χ0) is 23.3. The molecule has 4 rings (SSSR count). The van der Waals surface area contributed by atoms with Gasteiger partial charge in [0.05, 0.1) is 22.5 Å². The maximum atomic E-state index is 13.3. The van der Waals surface area contributed by atoms with E-state index in [1.54, 1.807) is 24.3 Å². The smallest absolute Gasteiger partial charge is 0.384 e. The number of thiophene rings is 1. The quantitative estimate of drug-likeness (QED) is 0.364. The van der Waals surface area contributed by atoms with Crippen molar-refractivity contribution >= 4 is 38.8 Å². The molecule has 3 heterocycles. The van der Waals surface area contributed by atoms with Gasteiger partial charge in [-0.25, -0.2) is 4.98 Å². The van der Waals surface area contributed by atoms with Gasteiger partial charge in [-0.15, -0.1) is 11.3 Å². The van der Waals surface area contributed by atoms with Crippen molar-refractivity contribution < 1.29 is 18.3 Å². The van der Waals surface area contributed by atoms with E-state index in [1.165, 1.54) is 23.6 Å². The molecular weight excluding hydrogens is 461 g/mol. The average Bonchev–Trinajstić information content (AvgIpc) is 3.18. The lowest BCUT2D eigenvalue weighted by atomic mass is 9.94. The number of aliphatic hydroxyl groups is 1. The molecule has 0 fully saturated rings. The van der Waals surface area contributed by atoms with Crippen LogP contribution in [-0.4, -0.2) is 21.3 Å². The normalized spacial score (nSPS) is 15.0. The Bertz CT molecular complexity index is 1310. The zero-order valence-electron chi connectivity index (χ0n) is 16.7. The number of halogens is 4. The number of pyridine rings is 2. The van der Waals surface area contributed by atoms with Gasteiger partial charge >= 0.3 is 6.18 Å². The van der Waals surface area contributed by atoms with Crippen LogP contribution in [0.4, 0.5) is 19.0 Å². The minimum absolute atomic E-state index is 0.291. The number of fused-ring (bicyclic) bond motifs is 1. The molecule has 0 saturated carbocycles. The largest absolute Gasteiger partial charge is 0.421 e. The summed E-state index contributed by atoms with van der Waals surface area (Å²) < 4.78 is 40.7. The fourth-order valence-electron chi connectivity index (χ4n) is 3.31. The van der Waals surface area contributed by atoms with Crippen LogP contribution in [0.5, 0.6) is 0 Å². The lowest BCUT2D eigenvalue weighted by Gasteiger charge is -2.26. The summed E-state index contributed by atoms with van der Waals surface area (Å²) in [5, 5.41) is 11.3. The second-order valence-corrected chi connectivity index (χ2v) is 8.94. The highest BCUT2D eigenvalue weighted by atomic mass is 35.5. The van der Waals surface area contributed by atoms with E-state index >= 15 is 0 Å². The predicted molar refractivity (Wildman–Crippen MR) is 120 cm³/mol. The average molecular weight is 479 g/mol. The molecule has 1 aromatic carbocycles. The summed E-state index contributed by atoms with van der Waals surface area (Å²) in [6, 6.07) is 12.3. The molecule has 32 heavy (non-hydrogen) atoms. The summed E-state index contributed by atoms with van der Waals surface area (Å²) in [4.78, 5) is 9.24. The van der Waals surface area contributed by atoms with Crippen molar-refractivity contribution in [2.24, 2.45) is 5.73 Å². The Balaban J connectivity index is 1.80. The van der Waals surface area contributed by atoms with Crippen molar-refractivity contribution in [3.63, 3.8) is 0 Å². The molecule has 0 saturated heterocycles. The summed E-state index contributed by atoms with van der Waals surface area (Å²) in [5.74, 6) is 0.291. The summed E-state index contributed by atoms with van der Waals surface area (Å²) >= 11 is 7.61.